The number of aromatic nitrogens is 4. The summed E-state index contributed by atoms with van der Waals surface area (Å²) in [6.45, 7) is 1.81. The molecule has 0 aromatic carbocycles. The molecule has 0 aliphatic heterocycles. The molecule has 0 aliphatic carbocycles. The molecule has 0 atom stereocenters. The monoisotopic (exact) mass is 268 g/mol. The molecule has 2 aromatic rings. The fourth-order valence-corrected chi connectivity index (χ4v) is 1.58. The maximum absolute atomic E-state index is 5.50. The Labute approximate surface area is 95.2 Å². The quantitative estimate of drug-likeness (QED) is 0.783. The lowest BCUT2D eigenvalue weighted by atomic mass is 10.5. The topological polar surface area (TPSA) is 52.8 Å². The predicted octanol–water partition coefficient (Wildman–Crippen LogP) is 2.07. The van der Waals surface area contributed by atoms with Gasteiger partial charge in [0, 0.05) is 13.1 Å². The highest BCUT2D eigenvalue weighted by Gasteiger charge is 2.03. The molecule has 0 amide bonds. The highest BCUT2D eigenvalue weighted by molar-refractivity contribution is 9.10. The van der Waals surface area contributed by atoms with Crippen molar-refractivity contribution in [3.63, 3.8) is 0 Å². The number of hydrogen-bond donors (Lipinski definition) is 0. The van der Waals surface area contributed by atoms with Gasteiger partial charge >= 0.3 is 0 Å². The van der Waals surface area contributed by atoms with E-state index in [9.17, 15) is 0 Å². The maximum atomic E-state index is 5.50. The molecule has 78 valence electrons. The van der Waals surface area contributed by atoms with Gasteiger partial charge in [0.05, 0.1) is 12.4 Å². The van der Waals surface area contributed by atoms with Crippen LogP contribution in [0.25, 0.3) is 0 Å². The van der Waals surface area contributed by atoms with Crippen LogP contribution < -0.4 is 4.74 Å². The molecule has 2 rings (SSSR count). The van der Waals surface area contributed by atoms with E-state index in [1.54, 1.807) is 30.1 Å². The van der Waals surface area contributed by atoms with Gasteiger partial charge in [-0.1, -0.05) is 0 Å². The number of hydrogen-bond acceptors (Lipinski definition) is 4. The molecule has 0 N–H and O–H groups in total. The van der Waals surface area contributed by atoms with Gasteiger partial charge in [-0.15, -0.1) is 0 Å². The second kappa shape index (κ2) is 3.98. The van der Waals surface area contributed by atoms with Crippen molar-refractivity contribution in [2.45, 2.75) is 6.92 Å². The summed E-state index contributed by atoms with van der Waals surface area (Å²) in [5.74, 6) is 1.81. The molecular weight excluding hydrogens is 260 g/mol. The Morgan fingerprint density at radius 2 is 2.20 bits per heavy atom. The van der Waals surface area contributed by atoms with Crippen molar-refractivity contribution in [2.24, 2.45) is 7.05 Å². The number of halogens is 1. The summed E-state index contributed by atoms with van der Waals surface area (Å²) < 4.78 is 7.86. The minimum absolute atomic E-state index is 0.502. The van der Waals surface area contributed by atoms with E-state index in [1.165, 1.54) is 0 Å². The lowest BCUT2D eigenvalue weighted by Gasteiger charge is -2.02. The summed E-state index contributed by atoms with van der Waals surface area (Å²) in [4.78, 5) is 8.22. The van der Waals surface area contributed by atoms with E-state index < -0.39 is 0 Å². The molecule has 0 bridgehead atoms. The van der Waals surface area contributed by atoms with Crippen LogP contribution >= 0.6 is 15.9 Å². The Kier molecular flexibility index (Phi) is 2.68. The average molecular weight is 269 g/mol. The van der Waals surface area contributed by atoms with Gasteiger partial charge in [0.2, 0.25) is 5.88 Å². The van der Waals surface area contributed by atoms with E-state index in [1.807, 2.05) is 7.05 Å². The van der Waals surface area contributed by atoms with Crippen LogP contribution in [0.1, 0.15) is 5.82 Å². The van der Waals surface area contributed by atoms with Gasteiger partial charge in [-0.05, 0) is 22.9 Å². The van der Waals surface area contributed by atoms with E-state index in [2.05, 4.69) is 31.0 Å². The minimum Gasteiger partial charge on any atom is -0.436 e. The van der Waals surface area contributed by atoms with Crippen molar-refractivity contribution in [1.82, 2.24) is 19.7 Å². The van der Waals surface area contributed by atoms with E-state index in [-0.39, 0.29) is 0 Å². The Balaban J connectivity index is 2.24. The lowest BCUT2D eigenvalue weighted by Crippen LogP contribution is -1.92. The van der Waals surface area contributed by atoms with Gasteiger partial charge < -0.3 is 4.74 Å². The van der Waals surface area contributed by atoms with Crippen LogP contribution in [0.15, 0.2) is 23.1 Å². The number of nitrogens with zero attached hydrogens (tertiary/aromatic N) is 4. The predicted molar refractivity (Wildman–Crippen MR) is 57.8 cm³/mol. The largest absolute Gasteiger partial charge is 0.436 e. The average Bonchev–Trinajstić information content (AvgIpc) is 2.49. The summed E-state index contributed by atoms with van der Waals surface area (Å²) in [7, 11) is 1.83. The smallest absolute Gasteiger partial charge is 0.223 e. The standard InChI is InChI=1S/C9H9BrN4O/c1-6-12-8(10)3-9(13-6)15-7-4-11-14(2)5-7/h3-5H,1-2H3. The molecule has 15 heavy (non-hydrogen) atoms. The van der Waals surface area contributed by atoms with Crippen LogP contribution in [0.2, 0.25) is 0 Å². The molecule has 0 spiro atoms. The van der Waals surface area contributed by atoms with Crippen LogP contribution in [0.4, 0.5) is 0 Å². The Morgan fingerprint density at radius 3 is 2.80 bits per heavy atom. The van der Waals surface area contributed by atoms with E-state index in [0.717, 1.165) is 0 Å². The van der Waals surface area contributed by atoms with Crippen molar-refractivity contribution in [3.05, 3.63) is 28.9 Å². The molecule has 5 nitrogen and oxygen atoms in total. The van der Waals surface area contributed by atoms with Crippen LogP contribution in [-0.4, -0.2) is 19.7 Å². The number of ether oxygens (including phenoxy) is 1. The zero-order chi connectivity index (χ0) is 10.8. The normalized spacial score (nSPS) is 10.3. The lowest BCUT2D eigenvalue weighted by molar-refractivity contribution is 0.458. The SMILES string of the molecule is Cc1nc(Br)cc(Oc2cnn(C)c2)n1. The number of aryl methyl sites for hydroxylation is 2. The molecule has 0 aliphatic rings. The molecule has 0 unspecified atom stereocenters. The Bertz CT molecular complexity index is 462. The summed E-state index contributed by atoms with van der Waals surface area (Å²) in [6, 6.07) is 1.71. The van der Waals surface area contributed by atoms with Gasteiger partial charge in [-0.2, -0.15) is 10.1 Å². The zero-order valence-corrected chi connectivity index (χ0v) is 9.89. The third-order valence-electron chi connectivity index (χ3n) is 1.69. The third-order valence-corrected chi connectivity index (χ3v) is 2.09. The van der Waals surface area contributed by atoms with Crippen LogP contribution in [0.3, 0.4) is 0 Å². The van der Waals surface area contributed by atoms with Crippen molar-refractivity contribution >= 4 is 15.9 Å². The highest BCUT2D eigenvalue weighted by atomic mass is 79.9. The summed E-state index contributed by atoms with van der Waals surface area (Å²) in [5, 5.41) is 3.99. The van der Waals surface area contributed by atoms with E-state index in [0.29, 0.717) is 22.1 Å². The van der Waals surface area contributed by atoms with Gasteiger partial charge in [0.15, 0.2) is 5.75 Å². The maximum Gasteiger partial charge on any atom is 0.223 e. The van der Waals surface area contributed by atoms with Gasteiger partial charge in [0.1, 0.15) is 10.4 Å². The molecular formula is C9H9BrN4O. The first kappa shape index (κ1) is 10.1. The third kappa shape index (κ3) is 2.53. The van der Waals surface area contributed by atoms with Crippen LogP contribution in [-0.2, 0) is 7.05 Å². The van der Waals surface area contributed by atoms with E-state index in [4.69, 9.17) is 4.74 Å². The van der Waals surface area contributed by atoms with Crippen molar-refractivity contribution in [1.29, 1.82) is 0 Å². The first-order valence-corrected chi connectivity index (χ1v) is 5.10. The van der Waals surface area contributed by atoms with Crippen molar-refractivity contribution in [3.8, 4) is 11.6 Å². The molecule has 0 saturated carbocycles. The molecule has 2 aromatic heterocycles. The summed E-state index contributed by atoms with van der Waals surface area (Å²) in [5.41, 5.74) is 0. The molecule has 6 heteroatoms. The zero-order valence-electron chi connectivity index (χ0n) is 8.31. The van der Waals surface area contributed by atoms with E-state index >= 15 is 0 Å². The Hall–Kier alpha value is -1.43. The first-order chi connectivity index (χ1) is 7.13. The molecule has 0 fully saturated rings. The summed E-state index contributed by atoms with van der Waals surface area (Å²) in [6.07, 6.45) is 3.40. The molecule has 0 saturated heterocycles. The molecule has 2 heterocycles. The van der Waals surface area contributed by atoms with Gasteiger partial charge in [-0.25, -0.2) is 4.98 Å². The van der Waals surface area contributed by atoms with Gasteiger partial charge in [-0.3, -0.25) is 4.68 Å². The molecule has 0 radical (unpaired) electrons. The second-order valence-electron chi connectivity index (χ2n) is 3.03. The second-order valence-corrected chi connectivity index (χ2v) is 3.84. The fourth-order valence-electron chi connectivity index (χ4n) is 1.13. The Morgan fingerprint density at radius 1 is 1.40 bits per heavy atom. The fraction of sp³-hybridized carbons (Fsp3) is 0.222. The minimum atomic E-state index is 0.502. The van der Waals surface area contributed by atoms with Crippen molar-refractivity contribution < 1.29 is 4.74 Å². The summed E-state index contributed by atoms with van der Waals surface area (Å²) >= 11 is 3.28. The van der Waals surface area contributed by atoms with Crippen molar-refractivity contribution in [2.75, 3.05) is 0 Å². The highest BCUT2D eigenvalue weighted by Crippen LogP contribution is 2.20. The first-order valence-electron chi connectivity index (χ1n) is 4.31. The van der Waals surface area contributed by atoms with Crippen LogP contribution in [0, 0.1) is 6.92 Å². The van der Waals surface area contributed by atoms with Gasteiger partial charge in [0.25, 0.3) is 0 Å². The van der Waals surface area contributed by atoms with Crippen LogP contribution in [0.5, 0.6) is 11.6 Å². The number of rotatable bonds is 2.